The third-order valence-corrected chi connectivity index (χ3v) is 5.15. The van der Waals surface area contributed by atoms with Crippen molar-refractivity contribution in [1.29, 1.82) is 0 Å². The zero-order valence-electron chi connectivity index (χ0n) is 14.4. The van der Waals surface area contributed by atoms with Crippen LogP contribution in [0.5, 0.6) is 5.75 Å². The van der Waals surface area contributed by atoms with E-state index in [2.05, 4.69) is 0 Å². The number of aromatic hydroxyl groups is 1. The van der Waals surface area contributed by atoms with E-state index in [1.807, 2.05) is 48.5 Å². The fourth-order valence-electron chi connectivity index (χ4n) is 3.94. The summed E-state index contributed by atoms with van der Waals surface area (Å²) in [6.07, 6.45) is 0.895. The van der Waals surface area contributed by atoms with Crippen LogP contribution in [0.2, 0.25) is 0 Å². The van der Waals surface area contributed by atoms with Crippen molar-refractivity contribution in [3.63, 3.8) is 0 Å². The minimum atomic E-state index is -1.13. The van der Waals surface area contributed by atoms with Crippen LogP contribution in [0.3, 0.4) is 0 Å². The highest BCUT2D eigenvalue weighted by atomic mass is 16.5. The number of hydrogen-bond acceptors (Lipinski definition) is 4. The number of phenols is 1. The van der Waals surface area contributed by atoms with E-state index in [4.69, 9.17) is 4.74 Å². The van der Waals surface area contributed by atoms with Crippen LogP contribution in [0.4, 0.5) is 0 Å². The molecule has 0 radical (unpaired) electrons. The Labute approximate surface area is 151 Å². The molecule has 0 fully saturated rings. The van der Waals surface area contributed by atoms with Crippen molar-refractivity contribution in [3.05, 3.63) is 83.1 Å². The number of ether oxygens (including phenoxy) is 1. The van der Waals surface area contributed by atoms with Gasteiger partial charge in [0.15, 0.2) is 0 Å². The predicted octanol–water partition coefficient (Wildman–Crippen LogP) is 4.42. The highest BCUT2D eigenvalue weighted by Crippen LogP contribution is 2.49. The van der Waals surface area contributed by atoms with Gasteiger partial charge in [0.05, 0.1) is 5.76 Å². The second-order valence-electron chi connectivity index (χ2n) is 6.65. The molecule has 3 aromatic carbocycles. The van der Waals surface area contributed by atoms with Crippen molar-refractivity contribution in [3.8, 4) is 5.75 Å². The van der Waals surface area contributed by atoms with Crippen LogP contribution in [-0.4, -0.2) is 22.4 Å². The largest absolute Gasteiger partial charge is 0.512 e. The van der Waals surface area contributed by atoms with Gasteiger partial charge in [-0.15, -0.1) is 0 Å². The Balaban J connectivity index is 2.02. The van der Waals surface area contributed by atoms with Crippen molar-refractivity contribution in [2.24, 2.45) is 0 Å². The molecule has 26 heavy (non-hydrogen) atoms. The third-order valence-electron chi connectivity index (χ3n) is 5.15. The van der Waals surface area contributed by atoms with Gasteiger partial charge in [-0.25, -0.2) is 0 Å². The van der Waals surface area contributed by atoms with Gasteiger partial charge in [-0.1, -0.05) is 48.5 Å². The standard InChI is InChI=1S/C22H20O4/c1-26-22(21(25)14-5-3-2-4-6-14)13-18(24)12-16-8-7-15-11-17(23)9-10-19(15)20(16)22/h2-12,21,23-25H,13H2,1H3. The quantitative estimate of drug-likeness (QED) is 0.655. The molecule has 0 heterocycles. The second kappa shape index (κ2) is 6.16. The predicted molar refractivity (Wildman–Crippen MR) is 101 cm³/mol. The molecule has 4 rings (SSSR count). The van der Waals surface area contributed by atoms with Gasteiger partial charge in [-0.3, -0.25) is 0 Å². The highest BCUT2D eigenvalue weighted by molar-refractivity contribution is 5.91. The van der Waals surface area contributed by atoms with Crippen LogP contribution < -0.4 is 0 Å². The van der Waals surface area contributed by atoms with Crippen LogP contribution in [0.1, 0.15) is 29.2 Å². The van der Waals surface area contributed by atoms with E-state index < -0.39 is 11.7 Å². The molecule has 1 aliphatic carbocycles. The molecule has 4 nitrogen and oxygen atoms in total. The number of aliphatic hydroxyl groups excluding tert-OH is 2. The van der Waals surface area contributed by atoms with E-state index in [0.717, 1.165) is 21.9 Å². The molecule has 3 N–H and O–H groups in total. The summed E-state index contributed by atoms with van der Waals surface area (Å²) in [6.45, 7) is 0. The average Bonchev–Trinajstić information content (AvgIpc) is 2.66. The monoisotopic (exact) mass is 348 g/mol. The van der Waals surface area contributed by atoms with Crippen molar-refractivity contribution in [2.75, 3.05) is 7.11 Å². The van der Waals surface area contributed by atoms with Crippen LogP contribution in [0, 0.1) is 0 Å². The number of phenolic OH excluding ortho intramolecular Hbond substituents is 1. The summed E-state index contributed by atoms with van der Waals surface area (Å²) in [5.74, 6) is 0.339. The number of benzene rings is 3. The maximum Gasteiger partial charge on any atom is 0.131 e. The molecular formula is C22H20O4. The lowest BCUT2D eigenvalue weighted by Gasteiger charge is -2.41. The Hall–Kier alpha value is -2.82. The molecule has 1 aliphatic rings. The van der Waals surface area contributed by atoms with Crippen LogP contribution in [0.15, 0.2) is 66.4 Å². The first-order valence-corrected chi connectivity index (χ1v) is 8.49. The summed E-state index contributed by atoms with van der Waals surface area (Å²) in [4.78, 5) is 0. The molecule has 0 bridgehead atoms. The minimum Gasteiger partial charge on any atom is -0.512 e. The van der Waals surface area contributed by atoms with Gasteiger partial charge in [0.25, 0.3) is 0 Å². The Morgan fingerprint density at radius 3 is 2.50 bits per heavy atom. The van der Waals surface area contributed by atoms with Crippen molar-refractivity contribution < 1.29 is 20.1 Å². The first-order chi connectivity index (χ1) is 12.5. The zero-order valence-corrected chi connectivity index (χ0v) is 14.4. The van der Waals surface area contributed by atoms with E-state index in [1.54, 1.807) is 25.3 Å². The van der Waals surface area contributed by atoms with Gasteiger partial charge >= 0.3 is 0 Å². The minimum absolute atomic E-state index is 0.159. The average molecular weight is 348 g/mol. The molecule has 0 aliphatic heterocycles. The molecular weight excluding hydrogens is 328 g/mol. The fourth-order valence-corrected chi connectivity index (χ4v) is 3.94. The maximum absolute atomic E-state index is 11.3. The van der Waals surface area contributed by atoms with Crippen LogP contribution in [-0.2, 0) is 10.3 Å². The van der Waals surface area contributed by atoms with Gasteiger partial charge in [0.2, 0.25) is 0 Å². The molecule has 4 heteroatoms. The summed E-state index contributed by atoms with van der Waals surface area (Å²) in [6, 6.07) is 18.2. The number of aliphatic hydroxyl groups is 2. The lowest BCUT2D eigenvalue weighted by molar-refractivity contribution is -0.115. The Kier molecular flexibility index (Phi) is 3.94. The molecule has 3 aromatic rings. The van der Waals surface area contributed by atoms with E-state index in [1.165, 1.54) is 0 Å². The van der Waals surface area contributed by atoms with E-state index in [9.17, 15) is 15.3 Å². The molecule has 2 atom stereocenters. The first-order valence-electron chi connectivity index (χ1n) is 8.49. The topological polar surface area (TPSA) is 69.9 Å². The van der Waals surface area contributed by atoms with Gasteiger partial charge in [0.1, 0.15) is 17.5 Å². The van der Waals surface area contributed by atoms with E-state index in [-0.39, 0.29) is 17.9 Å². The maximum atomic E-state index is 11.3. The smallest absolute Gasteiger partial charge is 0.131 e. The Morgan fingerprint density at radius 1 is 1.00 bits per heavy atom. The molecule has 2 unspecified atom stereocenters. The molecule has 0 saturated carbocycles. The van der Waals surface area contributed by atoms with E-state index in [0.29, 0.717) is 5.56 Å². The number of methoxy groups -OCH3 is 1. The summed E-state index contributed by atoms with van der Waals surface area (Å²) in [7, 11) is 1.55. The molecule has 0 aromatic heterocycles. The lowest BCUT2D eigenvalue weighted by Crippen LogP contribution is -2.39. The molecule has 0 amide bonds. The van der Waals surface area contributed by atoms with Crippen LogP contribution in [0.25, 0.3) is 16.8 Å². The van der Waals surface area contributed by atoms with Gasteiger partial charge in [-0.2, -0.15) is 0 Å². The van der Waals surface area contributed by atoms with Crippen molar-refractivity contribution in [1.82, 2.24) is 0 Å². The normalized spacial score (nSPS) is 20.5. The lowest BCUT2D eigenvalue weighted by atomic mass is 9.74. The third kappa shape index (κ3) is 2.46. The second-order valence-corrected chi connectivity index (χ2v) is 6.65. The number of fused-ring (bicyclic) bond motifs is 3. The van der Waals surface area contributed by atoms with Crippen molar-refractivity contribution >= 4 is 16.8 Å². The Bertz CT molecular complexity index is 994. The molecule has 132 valence electrons. The van der Waals surface area contributed by atoms with E-state index >= 15 is 0 Å². The first kappa shape index (κ1) is 16.6. The summed E-state index contributed by atoms with van der Waals surface area (Å²) >= 11 is 0. The fraction of sp³-hybridized carbons (Fsp3) is 0.182. The highest BCUT2D eigenvalue weighted by Gasteiger charge is 2.46. The molecule has 0 saturated heterocycles. The zero-order chi connectivity index (χ0) is 18.3. The Morgan fingerprint density at radius 2 is 1.77 bits per heavy atom. The molecule has 0 spiro atoms. The summed E-state index contributed by atoms with van der Waals surface area (Å²) < 4.78 is 5.92. The SMILES string of the molecule is COC1(C(O)c2ccccc2)CC(O)=Cc2ccc3cc(O)ccc3c21. The number of hydrogen-bond donors (Lipinski definition) is 3. The van der Waals surface area contributed by atoms with Gasteiger partial charge in [-0.05, 0) is 40.1 Å². The van der Waals surface area contributed by atoms with Crippen molar-refractivity contribution in [2.45, 2.75) is 18.1 Å². The summed E-state index contributed by atoms with van der Waals surface area (Å²) in [5.41, 5.74) is 1.19. The van der Waals surface area contributed by atoms with Crippen LogP contribution >= 0.6 is 0 Å². The summed E-state index contributed by atoms with van der Waals surface area (Å²) in [5, 5.41) is 33.2. The van der Waals surface area contributed by atoms with Gasteiger partial charge in [0, 0.05) is 19.1 Å². The number of rotatable bonds is 3. The van der Waals surface area contributed by atoms with Gasteiger partial charge < -0.3 is 20.1 Å².